The number of fused-ring (bicyclic) bond motifs is 1. The number of aliphatic carboxylic acids is 1. The molecule has 1 fully saturated rings. The van der Waals surface area contributed by atoms with E-state index in [1.54, 1.807) is 12.2 Å². The van der Waals surface area contributed by atoms with Gasteiger partial charge in [-0.05, 0) is 5.57 Å². The monoisotopic (exact) mass is 518 g/mol. The first-order valence-electron chi connectivity index (χ1n) is 9.92. The first-order chi connectivity index (χ1) is 16.7. The fraction of sp³-hybridized carbons (Fsp3) is 0.200. The van der Waals surface area contributed by atoms with Gasteiger partial charge in [0, 0.05) is 29.9 Å². The average molecular weight is 519 g/mol. The first kappa shape index (κ1) is 24.0. The number of carbonyl (C=O) groups is 3. The topological polar surface area (TPSA) is 200 Å². The number of thiazole rings is 1. The molecule has 0 radical (unpaired) electrons. The summed E-state index contributed by atoms with van der Waals surface area (Å²) in [6.07, 6.45) is 5.92. The van der Waals surface area contributed by atoms with Crippen LogP contribution in [0, 0.1) is 0 Å². The van der Waals surface area contributed by atoms with Crippen LogP contribution in [0.15, 0.2) is 57.2 Å². The predicted octanol–water partition coefficient (Wildman–Crippen LogP) is -0.234. The number of thioether (sulfide) groups is 1. The van der Waals surface area contributed by atoms with Gasteiger partial charge < -0.3 is 31.0 Å². The summed E-state index contributed by atoms with van der Waals surface area (Å²) in [5, 5.41) is 34.8. The number of carboxylic acids is 1. The molecule has 182 valence electrons. The highest BCUT2D eigenvalue weighted by molar-refractivity contribution is 8.00. The van der Waals surface area contributed by atoms with Crippen LogP contribution in [0.25, 0.3) is 0 Å². The maximum absolute atomic E-state index is 12.8. The molecule has 2 aromatic rings. The Balaban J connectivity index is 1.48. The van der Waals surface area contributed by atoms with Gasteiger partial charge in [-0.3, -0.25) is 19.3 Å². The summed E-state index contributed by atoms with van der Waals surface area (Å²) < 4.78 is 1.53. The molecular weight excluding hydrogens is 500 g/mol. The van der Waals surface area contributed by atoms with Crippen LogP contribution in [0.1, 0.15) is 5.69 Å². The molecule has 0 bridgehead atoms. The standard InChI is InChI=1S/C20H18N6O7S2/c21-20-22-10(8-35-20)13(24-33)16(29)23-14-17(30)26-15(19(31)32)9(7-34-18(14)26)2-1-4-25-5-3-11(27)12(28)6-25/h1-3,5-6,8,14,18,28,33H,4,7H2,(H2,21,22)(H,23,29)(H,31,32)/b2-1+,24-13-/t14-,18-/m1/s1. The van der Waals surface area contributed by atoms with E-state index >= 15 is 0 Å². The summed E-state index contributed by atoms with van der Waals surface area (Å²) in [5.41, 5.74) is 4.84. The van der Waals surface area contributed by atoms with E-state index in [-0.39, 0.29) is 28.8 Å². The van der Waals surface area contributed by atoms with E-state index in [0.717, 1.165) is 16.2 Å². The molecule has 2 atom stereocenters. The molecule has 2 aliphatic heterocycles. The summed E-state index contributed by atoms with van der Waals surface area (Å²) in [4.78, 5) is 53.6. The molecule has 2 aromatic heterocycles. The zero-order valence-electron chi connectivity index (χ0n) is 17.7. The smallest absolute Gasteiger partial charge is 0.352 e. The molecule has 2 amide bonds. The van der Waals surface area contributed by atoms with Crippen molar-refractivity contribution < 1.29 is 29.8 Å². The second kappa shape index (κ2) is 9.63. The van der Waals surface area contributed by atoms with Crippen LogP contribution in [0.5, 0.6) is 5.75 Å². The molecule has 0 spiro atoms. The lowest BCUT2D eigenvalue weighted by Crippen LogP contribution is -2.71. The molecule has 0 aromatic carbocycles. The van der Waals surface area contributed by atoms with Gasteiger partial charge in [-0.2, -0.15) is 0 Å². The summed E-state index contributed by atoms with van der Waals surface area (Å²) in [7, 11) is 0. The Morgan fingerprint density at radius 2 is 2.14 bits per heavy atom. The fourth-order valence-electron chi connectivity index (χ4n) is 3.53. The lowest BCUT2D eigenvalue weighted by molar-refractivity contribution is -0.150. The van der Waals surface area contributed by atoms with Crippen molar-refractivity contribution in [2.75, 3.05) is 11.5 Å². The highest BCUT2D eigenvalue weighted by atomic mass is 32.2. The molecule has 4 rings (SSSR count). The number of nitrogens with two attached hydrogens (primary N) is 1. The van der Waals surface area contributed by atoms with E-state index in [9.17, 15) is 34.6 Å². The number of amides is 2. The minimum Gasteiger partial charge on any atom is -0.503 e. The zero-order valence-corrected chi connectivity index (χ0v) is 19.3. The van der Waals surface area contributed by atoms with Gasteiger partial charge in [-0.15, -0.1) is 23.1 Å². The molecule has 2 aliphatic rings. The minimum absolute atomic E-state index is 0.0436. The number of nitrogen functional groups attached to an aromatic ring is 1. The number of carbonyl (C=O) groups excluding carboxylic acids is 2. The Hall–Kier alpha value is -4.11. The lowest BCUT2D eigenvalue weighted by atomic mass is 10.0. The van der Waals surface area contributed by atoms with Crippen molar-refractivity contribution in [3.05, 3.63) is 63.2 Å². The highest BCUT2D eigenvalue weighted by Gasteiger charge is 2.54. The van der Waals surface area contributed by atoms with E-state index in [4.69, 9.17) is 5.73 Å². The number of oxime groups is 1. The molecular formula is C20H18N6O7S2. The number of nitrogens with one attached hydrogen (secondary N) is 1. The lowest BCUT2D eigenvalue weighted by Gasteiger charge is -2.49. The number of hydrogen-bond donors (Lipinski definition) is 5. The van der Waals surface area contributed by atoms with Crippen LogP contribution in [-0.4, -0.2) is 70.5 Å². The van der Waals surface area contributed by atoms with Gasteiger partial charge in [-0.1, -0.05) is 17.3 Å². The summed E-state index contributed by atoms with van der Waals surface area (Å²) >= 11 is 2.30. The molecule has 6 N–H and O–H groups in total. The Bertz CT molecular complexity index is 1360. The van der Waals surface area contributed by atoms with Crippen molar-refractivity contribution >= 4 is 51.7 Å². The number of rotatable bonds is 7. The molecule has 35 heavy (non-hydrogen) atoms. The molecule has 0 saturated carbocycles. The van der Waals surface area contributed by atoms with Crippen LogP contribution in [0.4, 0.5) is 5.13 Å². The van der Waals surface area contributed by atoms with Gasteiger partial charge in [0.2, 0.25) is 5.43 Å². The Kier molecular flexibility index (Phi) is 6.61. The van der Waals surface area contributed by atoms with Crippen molar-refractivity contribution in [2.45, 2.75) is 18.0 Å². The molecule has 4 heterocycles. The van der Waals surface area contributed by atoms with E-state index < -0.39 is 46.1 Å². The van der Waals surface area contributed by atoms with E-state index in [1.807, 2.05) is 0 Å². The van der Waals surface area contributed by atoms with Crippen molar-refractivity contribution in [1.82, 2.24) is 19.8 Å². The number of aromatic nitrogens is 2. The molecule has 13 nitrogen and oxygen atoms in total. The number of carboxylic acid groups (broad SMARTS) is 1. The Labute approximate surface area is 204 Å². The largest absolute Gasteiger partial charge is 0.503 e. The SMILES string of the molecule is Nc1nc(/C(=N/O)C(=O)N[C@@H]2C(=O)N3C(C(=O)O)=C(/C=C/Cn4ccc(=O)c(O)c4)CS[C@H]23)cs1. The predicted molar refractivity (Wildman–Crippen MR) is 126 cm³/mol. The van der Waals surface area contributed by atoms with Crippen LogP contribution < -0.4 is 16.5 Å². The van der Waals surface area contributed by atoms with Crippen LogP contribution in [0.2, 0.25) is 0 Å². The molecule has 0 unspecified atom stereocenters. The van der Waals surface area contributed by atoms with Crippen LogP contribution in [-0.2, 0) is 20.9 Å². The molecule has 0 aliphatic carbocycles. The van der Waals surface area contributed by atoms with Gasteiger partial charge in [0.15, 0.2) is 16.6 Å². The van der Waals surface area contributed by atoms with Gasteiger partial charge in [-0.25, -0.2) is 9.78 Å². The number of aromatic hydroxyl groups is 1. The summed E-state index contributed by atoms with van der Waals surface area (Å²) in [6.45, 7) is 0.245. The van der Waals surface area contributed by atoms with E-state index in [1.165, 1.54) is 40.2 Å². The third-order valence-electron chi connectivity index (χ3n) is 5.16. The van der Waals surface area contributed by atoms with Gasteiger partial charge in [0.1, 0.15) is 22.8 Å². The third kappa shape index (κ3) is 4.63. The fourth-order valence-corrected chi connectivity index (χ4v) is 5.40. The summed E-state index contributed by atoms with van der Waals surface area (Å²) in [6, 6.07) is 0.180. The zero-order chi connectivity index (χ0) is 25.3. The quantitative estimate of drug-likeness (QED) is 0.141. The Morgan fingerprint density at radius 1 is 1.37 bits per heavy atom. The summed E-state index contributed by atoms with van der Waals surface area (Å²) in [5.74, 6) is -2.94. The Morgan fingerprint density at radius 3 is 2.77 bits per heavy atom. The van der Waals surface area contributed by atoms with E-state index in [0.29, 0.717) is 5.57 Å². The normalized spacial score (nSPS) is 20.1. The van der Waals surface area contributed by atoms with Crippen LogP contribution >= 0.6 is 23.1 Å². The highest BCUT2D eigenvalue weighted by Crippen LogP contribution is 2.40. The van der Waals surface area contributed by atoms with Crippen molar-refractivity contribution in [1.29, 1.82) is 0 Å². The maximum atomic E-state index is 12.8. The molecule has 15 heteroatoms. The van der Waals surface area contributed by atoms with Crippen molar-refractivity contribution in [2.24, 2.45) is 5.16 Å². The van der Waals surface area contributed by atoms with E-state index in [2.05, 4.69) is 15.5 Å². The maximum Gasteiger partial charge on any atom is 0.352 e. The van der Waals surface area contributed by atoms with Crippen molar-refractivity contribution in [3.8, 4) is 5.75 Å². The minimum atomic E-state index is -1.30. The number of anilines is 1. The van der Waals surface area contributed by atoms with Gasteiger partial charge in [0.05, 0.1) is 6.20 Å². The van der Waals surface area contributed by atoms with Crippen molar-refractivity contribution in [3.63, 3.8) is 0 Å². The number of β-lactam (4-membered cyclic amide) rings is 1. The number of pyridine rings is 1. The second-order valence-electron chi connectivity index (χ2n) is 7.35. The average Bonchev–Trinajstić information content (AvgIpc) is 3.25. The van der Waals surface area contributed by atoms with Gasteiger partial charge >= 0.3 is 5.97 Å². The number of hydrogen-bond acceptors (Lipinski definition) is 11. The third-order valence-corrected chi connectivity index (χ3v) is 7.14. The number of allylic oxidation sites excluding steroid dienone is 2. The van der Waals surface area contributed by atoms with Gasteiger partial charge in [0.25, 0.3) is 11.8 Å². The second-order valence-corrected chi connectivity index (χ2v) is 9.35. The first-order valence-corrected chi connectivity index (χ1v) is 11.8. The number of nitrogens with zero attached hydrogens (tertiary/aromatic N) is 4. The molecule has 1 saturated heterocycles. The van der Waals surface area contributed by atoms with Crippen LogP contribution in [0.3, 0.4) is 0 Å².